The molecule has 0 aromatic carbocycles. The second kappa shape index (κ2) is 4.56. The predicted octanol–water partition coefficient (Wildman–Crippen LogP) is 0.739. The molecule has 0 aromatic heterocycles. The normalized spacial score (nSPS) is 12.2. The molecule has 0 spiro atoms. The van der Waals surface area contributed by atoms with Gasteiger partial charge in [-0.15, -0.1) is 4.28 Å². The molecule has 0 radical (unpaired) electrons. The summed E-state index contributed by atoms with van der Waals surface area (Å²) >= 11 is 0. The lowest BCUT2D eigenvalue weighted by atomic mass is 10.1. The number of rotatable bonds is 5. The third-order valence-electron chi connectivity index (χ3n) is 1.97. The van der Waals surface area contributed by atoms with Gasteiger partial charge in [0.1, 0.15) is 0 Å². The van der Waals surface area contributed by atoms with E-state index in [1.807, 2.05) is 0 Å². The van der Waals surface area contributed by atoms with Gasteiger partial charge < -0.3 is 0 Å². The summed E-state index contributed by atoms with van der Waals surface area (Å²) in [5.41, 5.74) is 1.77. The minimum atomic E-state index is -3.79. The first kappa shape index (κ1) is 13.1. The van der Waals surface area contributed by atoms with Gasteiger partial charge in [-0.05, 0) is 26.3 Å². The van der Waals surface area contributed by atoms with Crippen molar-refractivity contribution < 1.29 is 17.5 Å². The van der Waals surface area contributed by atoms with Gasteiger partial charge in [-0.2, -0.15) is 8.42 Å². The third-order valence-corrected chi connectivity index (χ3v) is 3.91. The largest absolute Gasteiger partial charge is 0.293 e. The minimum Gasteiger partial charge on any atom is -0.268 e. The quantitative estimate of drug-likeness (QED) is 0.549. The number of hydroxylamine groups is 1. The van der Waals surface area contributed by atoms with Gasteiger partial charge in [-0.3, -0.25) is 4.79 Å². The van der Waals surface area contributed by atoms with Crippen molar-refractivity contribution in [3.63, 3.8) is 0 Å². The molecule has 1 amide bonds. The summed E-state index contributed by atoms with van der Waals surface area (Å²) in [6.45, 7) is 7.91. The summed E-state index contributed by atoms with van der Waals surface area (Å²) in [5.74, 6) is -0.694. The monoisotopic (exact) mass is 221 g/mol. The molecule has 0 aliphatic heterocycles. The minimum absolute atomic E-state index is 0.388. The van der Waals surface area contributed by atoms with E-state index in [0.717, 1.165) is 6.08 Å². The zero-order chi connectivity index (χ0) is 11.4. The standard InChI is InChI=1S/C8H15NO4S/c1-5-7(10)9-13-14(11,12)8(3,4)6-2/h5H,1,6H2,2-4H3,(H,9,10). The highest BCUT2D eigenvalue weighted by atomic mass is 32.2. The lowest BCUT2D eigenvalue weighted by molar-refractivity contribution is -0.122. The SMILES string of the molecule is C=CC(=O)NOS(=O)(=O)C(C)(C)CC. The van der Waals surface area contributed by atoms with Gasteiger partial charge in [-0.1, -0.05) is 13.5 Å². The first-order chi connectivity index (χ1) is 6.27. The maximum absolute atomic E-state index is 11.4. The molecule has 0 atom stereocenters. The highest BCUT2D eigenvalue weighted by Crippen LogP contribution is 2.20. The van der Waals surface area contributed by atoms with Crippen LogP contribution in [0, 0.1) is 0 Å². The fraction of sp³-hybridized carbons (Fsp3) is 0.625. The first-order valence-electron chi connectivity index (χ1n) is 4.12. The van der Waals surface area contributed by atoms with E-state index in [2.05, 4.69) is 10.9 Å². The van der Waals surface area contributed by atoms with E-state index in [9.17, 15) is 13.2 Å². The average molecular weight is 221 g/mol. The van der Waals surface area contributed by atoms with Crippen molar-refractivity contribution in [1.82, 2.24) is 5.48 Å². The molecule has 0 fully saturated rings. The Morgan fingerprint density at radius 1 is 1.57 bits per heavy atom. The molecule has 6 heteroatoms. The van der Waals surface area contributed by atoms with Gasteiger partial charge in [0.05, 0.1) is 4.75 Å². The highest BCUT2D eigenvalue weighted by molar-refractivity contribution is 7.88. The summed E-state index contributed by atoms with van der Waals surface area (Å²) in [5, 5.41) is 0. The van der Waals surface area contributed by atoms with Crippen molar-refractivity contribution in [3.05, 3.63) is 12.7 Å². The Morgan fingerprint density at radius 3 is 2.43 bits per heavy atom. The molecule has 82 valence electrons. The summed E-state index contributed by atoms with van der Waals surface area (Å²) < 4.78 is 26.2. The summed E-state index contributed by atoms with van der Waals surface area (Å²) in [7, 11) is -3.79. The van der Waals surface area contributed by atoms with Crippen LogP contribution in [0.25, 0.3) is 0 Å². The van der Waals surface area contributed by atoms with Gasteiger partial charge in [0.2, 0.25) is 0 Å². The average Bonchev–Trinajstić information content (AvgIpc) is 2.13. The smallest absolute Gasteiger partial charge is 0.268 e. The van der Waals surface area contributed by atoms with Gasteiger partial charge in [0.15, 0.2) is 0 Å². The van der Waals surface area contributed by atoms with Crippen molar-refractivity contribution >= 4 is 16.0 Å². The van der Waals surface area contributed by atoms with E-state index in [-0.39, 0.29) is 0 Å². The van der Waals surface area contributed by atoms with Crippen LogP contribution in [0.5, 0.6) is 0 Å². The molecule has 0 saturated carbocycles. The topological polar surface area (TPSA) is 72.5 Å². The Morgan fingerprint density at radius 2 is 2.07 bits per heavy atom. The number of nitrogens with one attached hydrogen (secondary N) is 1. The number of hydrogen-bond acceptors (Lipinski definition) is 4. The van der Waals surface area contributed by atoms with Crippen LogP contribution in [0.15, 0.2) is 12.7 Å². The Balaban J connectivity index is 4.52. The lowest BCUT2D eigenvalue weighted by Gasteiger charge is -2.21. The summed E-state index contributed by atoms with van der Waals surface area (Å²) in [6.07, 6.45) is 1.31. The van der Waals surface area contributed by atoms with E-state index < -0.39 is 20.8 Å². The number of carbonyl (C=O) groups excluding carboxylic acids is 1. The Bertz CT molecular complexity index is 318. The molecule has 0 heterocycles. The molecule has 0 rings (SSSR count). The molecule has 5 nitrogen and oxygen atoms in total. The van der Waals surface area contributed by atoms with Crippen molar-refractivity contribution in [2.75, 3.05) is 0 Å². The van der Waals surface area contributed by atoms with Gasteiger partial charge in [-0.25, -0.2) is 5.48 Å². The van der Waals surface area contributed by atoms with Crippen LogP contribution < -0.4 is 5.48 Å². The zero-order valence-corrected chi connectivity index (χ0v) is 9.35. The van der Waals surface area contributed by atoms with E-state index in [4.69, 9.17) is 0 Å². The number of amides is 1. The number of hydrogen-bond donors (Lipinski definition) is 1. The molecular weight excluding hydrogens is 206 g/mol. The maximum atomic E-state index is 11.4. The second-order valence-corrected chi connectivity index (χ2v) is 5.50. The Labute approximate surface area is 84.2 Å². The van der Waals surface area contributed by atoms with Gasteiger partial charge in [0, 0.05) is 0 Å². The van der Waals surface area contributed by atoms with E-state index >= 15 is 0 Å². The van der Waals surface area contributed by atoms with Crippen molar-refractivity contribution in [2.24, 2.45) is 0 Å². The lowest BCUT2D eigenvalue weighted by Crippen LogP contribution is -2.37. The molecule has 0 unspecified atom stereocenters. The van der Waals surface area contributed by atoms with Gasteiger partial charge >= 0.3 is 0 Å². The van der Waals surface area contributed by atoms with E-state index in [0.29, 0.717) is 6.42 Å². The van der Waals surface area contributed by atoms with Crippen LogP contribution in [0.3, 0.4) is 0 Å². The van der Waals surface area contributed by atoms with Crippen LogP contribution in [-0.2, 0) is 19.2 Å². The van der Waals surface area contributed by atoms with Crippen molar-refractivity contribution in [2.45, 2.75) is 31.9 Å². The molecular formula is C8H15NO4S. The Kier molecular flexibility index (Phi) is 4.28. The van der Waals surface area contributed by atoms with Crippen LogP contribution in [-0.4, -0.2) is 19.1 Å². The van der Waals surface area contributed by atoms with Crippen molar-refractivity contribution in [3.8, 4) is 0 Å². The van der Waals surface area contributed by atoms with Crippen LogP contribution >= 0.6 is 0 Å². The third kappa shape index (κ3) is 3.12. The van der Waals surface area contributed by atoms with Crippen LogP contribution in [0.2, 0.25) is 0 Å². The Hall–Kier alpha value is -0.880. The first-order valence-corrected chi connectivity index (χ1v) is 5.53. The molecule has 0 aromatic rings. The van der Waals surface area contributed by atoms with Crippen molar-refractivity contribution in [1.29, 1.82) is 0 Å². The molecule has 1 N–H and O–H groups in total. The summed E-state index contributed by atoms with van der Waals surface area (Å²) in [4.78, 5) is 10.7. The van der Waals surface area contributed by atoms with Crippen LogP contribution in [0.4, 0.5) is 0 Å². The molecule has 0 bridgehead atoms. The maximum Gasteiger partial charge on any atom is 0.293 e. The van der Waals surface area contributed by atoms with E-state index in [1.54, 1.807) is 12.4 Å². The summed E-state index contributed by atoms with van der Waals surface area (Å²) in [6, 6.07) is 0. The molecule has 0 aliphatic rings. The fourth-order valence-electron chi connectivity index (χ4n) is 0.427. The van der Waals surface area contributed by atoms with E-state index in [1.165, 1.54) is 13.8 Å². The zero-order valence-electron chi connectivity index (χ0n) is 8.53. The molecule has 0 saturated heterocycles. The number of carbonyl (C=O) groups is 1. The fourth-order valence-corrected chi connectivity index (χ4v) is 1.20. The molecule has 0 aliphatic carbocycles. The second-order valence-electron chi connectivity index (χ2n) is 3.32. The van der Waals surface area contributed by atoms with Crippen LogP contribution in [0.1, 0.15) is 27.2 Å². The van der Waals surface area contributed by atoms with Gasteiger partial charge in [0.25, 0.3) is 16.0 Å². The molecule has 14 heavy (non-hydrogen) atoms. The predicted molar refractivity (Wildman–Crippen MR) is 52.7 cm³/mol. The highest BCUT2D eigenvalue weighted by Gasteiger charge is 2.34.